The van der Waals surface area contributed by atoms with Gasteiger partial charge in [0.1, 0.15) is 0 Å². The Hall–Kier alpha value is -2.18. The molecular weight excluding hydrogens is 348 g/mol. The van der Waals surface area contributed by atoms with Gasteiger partial charge in [-0.05, 0) is 30.5 Å². The number of amides is 1. The molecule has 1 atom stereocenters. The first kappa shape index (κ1) is 18.6. The van der Waals surface area contributed by atoms with Gasteiger partial charge in [-0.25, -0.2) is 8.42 Å². The number of hydrogen-bond acceptors (Lipinski definition) is 3. The number of sulfonamides is 1. The Morgan fingerprint density at radius 1 is 1.00 bits per heavy atom. The normalized spacial score (nSPS) is 18.4. The lowest BCUT2D eigenvalue weighted by atomic mass is 10.0. The fourth-order valence-corrected chi connectivity index (χ4v) is 5.02. The smallest absolute Gasteiger partial charge is 0.243 e. The zero-order valence-corrected chi connectivity index (χ0v) is 15.5. The molecule has 1 unspecified atom stereocenters. The summed E-state index contributed by atoms with van der Waals surface area (Å²) in [6.07, 6.45) is 2.68. The van der Waals surface area contributed by atoms with Crippen LogP contribution in [-0.4, -0.2) is 31.2 Å². The second kappa shape index (κ2) is 8.47. The average molecular weight is 372 g/mol. The molecule has 0 aliphatic carbocycles. The second-order valence-corrected chi connectivity index (χ2v) is 8.44. The van der Waals surface area contributed by atoms with Crippen LogP contribution in [0.25, 0.3) is 0 Å². The fraction of sp³-hybridized carbons (Fsp3) is 0.350. The van der Waals surface area contributed by atoms with Crippen LogP contribution in [0.5, 0.6) is 0 Å². The van der Waals surface area contributed by atoms with Crippen LogP contribution in [-0.2, 0) is 21.4 Å². The van der Waals surface area contributed by atoms with Crippen molar-refractivity contribution in [2.24, 2.45) is 0 Å². The van der Waals surface area contributed by atoms with Crippen LogP contribution in [0.2, 0.25) is 0 Å². The number of carbonyl (C=O) groups is 1. The summed E-state index contributed by atoms with van der Waals surface area (Å²) in [6.45, 7) is 0.922. The number of nitrogens with one attached hydrogen (secondary N) is 1. The average Bonchev–Trinajstić information content (AvgIpc) is 2.68. The molecule has 2 aromatic rings. The van der Waals surface area contributed by atoms with E-state index in [1.165, 1.54) is 4.31 Å². The Labute approximate surface area is 155 Å². The Bertz CT molecular complexity index is 823. The van der Waals surface area contributed by atoms with E-state index in [0.717, 1.165) is 18.4 Å². The number of rotatable bonds is 6. The van der Waals surface area contributed by atoms with Gasteiger partial charge < -0.3 is 5.32 Å². The quantitative estimate of drug-likeness (QED) is 0.848. The highest BCUT2D eigenvalue weighted by molar-refractivity contribution is 7.89. The summed E-state index contributed by atoms with van der Waals surface area (Å²) in [5.74, 6) is -0.117. The highest BCUT2D eigenvalue weighted by Gasteiger charge is 2.34. The summed E-state index contributed by atoms with van der Waals surface area (Å²) >= 11 is 0. The molecular formula is C20H24N2O3S. The van der Waals surface area contributed by atoms with Crippen molar-refractivity contribution in [1.29, 1.82) is 0 Å². The minimum Gasteiger partial charge on any atom is -0.352 e. The van der Waals surface area contributed by atoms with Crippen LogP contribution >= 0.6 is 0 Å². The number of hydrogen-bond donors (Lipinski definition) is 1. The number of nitrogens with zero attached hydrogens (tertiary/aromatic N) is 1. The molecule has 1 saturated heterocycles. The SMILES string of the molecule is O=C(CC1CCCCN1S(=O)(=O)c1ccccc1)NCc1ccccc1. The van der Waals surface area contributed by atoms with E-state index in [2.05, 4.69) is 5.32 Å². The van der Waals surface area contributed by atoms with Crippen LogP contribution in [0.1, 0.15) is 31.2 Å². The van der Waals surface area contributed by atoms with Gasteiger partial charge in [0.2, 0.25) is 15.9 Å². The molecule has 1 aliphatic heterocycles. The molecule has 26 heavy (non-hydrogen) atoms. The van der Waals surface area contributed by atoms with Gasteiger partial charge >= 0.3 is 0 Å². The standard InChI is InChI=1S/C20H24N2O3S/c23-20(21-16-17-9-3-1-4-10-17)15-18-11-7-8-14-22(18)26(24,25)19-12-5-2-6-13-19/h1-6,9-10,12-13,18H,7-8,11,14-16H2,(H,21,23). The summed E-state index contributed by atoms with van der Waals surface area (Å²) < 4.78 is 27.4. The third kappa shape index (κ3) is 4.51. The van der Waals surface area contributed by atoms with Gasteiger partial charge in [-0.15, -0.1) is 0 Å². The molecule has 3 rings (SSSR count). The molecule has 1 amide bonds. The van der Waals surface area contributed by atoms with Crippen molar-refractivity contribution >= 4 is 15.9 Å². The maximum atomic E-state index is 13.0. The molecule has 6 heteroatoms. The van der Waals surface area contributed by atoms with E-state index in [0.29, 0.717) is 19.5 Å². The van der Waals surface area contributed by atoms with Gasteiger partial charge in [-0.3, -0.25) is 4.79 Å². The lowest BCUT2D eigenvalue weighted by Crippen LogP contribution is -2.45. The van der Waals surface area contributed by atoms with E-state index < -0.39 is 10.0 Å². The minimum absolute atomic E-state index is 0.117. The first-order valence-corrected chi connectivity index (χ1v) is 10.4. The van der Waals surface area contributed by atoms with Crippen molar-refractivity contribution in [1.82, 2.24) is 9.62 Å². The fourth-order valence-electron chi connectivity index (χ4n) is 3.31. The molecule has 0 saturated carbocycles. The van der Waals surface area contributed by atoms with Crippen LogP contribution < -0.4 is 5.32 Å². The van der Waals surface area contributed by atoms with E-state index in [1.54, 1.807) is 30.3 Å². The third-order valence-corrected chi connectivity index (χ3v) is 6.64. The van der Waals surface area contributed by atoms with Gasteiger partial charge in [0.05, 0.1) is 4.90 Å². The summed E-state index contributed by atoms with van der Waals surface area (Å²) in [7, 11) is -3.57. The Balaban J connectivity index is 1.66. The molecule has 0 spiro atoms. The van der Waals surface area contributed by atoms with Crippen molar-refractivity contribution in [3.63, 3.8) is 0 Å². The molecule has 1 N–H and O–H groups in total. The molecule has 0 bridgehead atoms. The Morgan fingerprint density at radius 3 is 2.35 bits per heavy atom. The van der Waals surface area contributed by atoms with Crippen molar-refractivity contribution in [3.05, 3.63) is 66.2 Å². The molecule has 0 aromatic heterocycles. The highest BCUT2D eigenvalue weighted by Crippen LogP contribution is 2.27. The minimum atomic E-state index is -3.57. The van der Waals surface area contributed by atoms with Gasteiger partial charge in [-0.2, -0.15) is 4.31 Å². The molecule has 138 valence electrons. The van der Waals surface area contributed by atoms with E-state index in [4.69, 9.17) is 0 Å². The lowest BCUT2D eigenvalue weighted by Gasteiger charge is -2.34. The van der Waals surface area contributed by atoms with E-state index in [-0.39, 0.29) is 23.3 Å². The van der Waals surface area contributed by atoms with Crippen LogP contribution in [0.15, 0.2) is 65.6 Å². The zero-order chi connectivity index (χ0) is 18.4. The van der Waals surface area contributed by atoms with Crippen LogP contribution in [0.4, 0.5) is 0 Å². The van der Waals surface area contributed by atoms with E-state index in [1.807, 2.05) is 30.3 Å². The number of benzene rings is 2. The first-order valence-electron chi connectivity index (χ1n) is 8.95. The maximum Gasteiger partial charge on any atom is 0.243 e. The molecule has 1 aliphatic rings. The van der Waals surface area contributed by atoms with E-state index in [9.17, 15) is 13.2 Å². The highest BCUT2D eigenvalue weighted by atomic mass is 32.2. The van der Waals surface area contributed by atoms with Gasteiger partial charge in [-0.1, -0.05) is 55.0 Å². The summed E-state index contributed by atoms with van der Waals surface area (Å²) in [5.41, 5.74) is 1.03. The molecule has 2 aromatic carbocycles. The van der Waals surface area contributed by atoms with Crippen molar-refractivity contribution in [3.8, 4) is 0 Å². The van der Waals surface area contributed by atoms with Crippen molar-refractivity contribution < 1.29 is 13.2 Å². The molecule has 0 radical (unpaired) electrons. The lowest BCUT2D eigenvalue weighted by molar-refractivity contribution is -0.122. The van der Waals surface area contributed by atoms with Crippen molar-refractivity contribution in [2.75, 3.05) is 6.54 Å². The zero-order valence-electron chi connectivity index (χ0n) is 14.7. The Morgan fingerprint density at radius 2 is 1.65 bits per heavy atom. The van der Waals surface area contributed by atoms with Gasteiger partial charge in [0.15, 0.2) is 0 Å². The first-order chi connectivity index (χ1) is 12.6. The predicted molar refractivity (Wildman–Crippen MR) is 101 cm³/mol. The maximum absolute atomic E-state index is 13.0. The second-order valence-electron chi connectivity index (χ2n) is 6.54. The topological polar surface area (TPSA) is 66.5 Å². The van der Waals surface area contributed by atoms with E-state index >= 15 is 0 Å². The van der Waals surface area contributed by atoms with Gasteiger partial charge in [0, 0.05) is 25.6 Å². The predicted octanol–water partition coefficient (Wildman–Crippen LogP) is 2.94. The third-order valence-electron chi connectivity index (χ3n) is 4.68. The summed E-state index contributed by atoms with van der Waals surface area (Å²) in [4.78, 5) is 12.6. The largest absolute Gasteiger partial charge is 0.352 e. The molecule has 1 fully saturated rings. The van der Waals surface area contributed by atoms with Gasteiger partial charge in [0.25, 0.3) is 0 Å². The summed E-state index contributed by atoms with van der Waals surface area (Å²) in [5, 5.41) is 2.90. The molecule has 5 nitrogen and oxygen atoms in total. The summed E-state index contributed by atoms with van der Waals surface area (Å²) in [6, 6.07) is 17.9. The molecule has 1 heterocycles. The monoisotopic (exact) mass is 372 g/mol. The Kier molecular flexibility index (Phi) is 6.06. The van der Waals surface area contributed by atoms with Crippen LogP contribution in [0, 0.1) is 0 Å². The number of piperidine rings is 1. The van der Waals surface area contributed by atoms with Crippen molar-refractivity contribution in [2.45, 2.75) is 43.2 Å². The van der Waals surface area contributed by atoms with Crippen LogP contribution in [0.3, 0.4) is 0 Å². The number of carbonyl (C=O) groups excluding carboxylic acids is 1.